The maximum atomic E-state index is 11.0. The quantitative estimate of drug-likeness (QED) is 0.782. The summed E-state index contributed by atoms with van der Waals surface area (Å²) in [6, 6.07) is 3.51. The molecule has 0 radical (unpaired) electrons. The zero-order valence-electron chi connectivity index (χ0n) is 10.5. The third kappa shape index (κ3) is 2.58. The van der Waals surface area contributed by atoms with E-state index < -0.39 is 0 Å². The van der Waals surface area contributed by atoms with Crippen molar-refractivity contribution in [1.82, 2.24) is 15.1 Å². The van der Waals surface area contributed by atoms with Crippen molar-refractivity contribution >= 4 is 6.29 Å². The Labute approximate surface area is 110 Å². The second kappa shape index (κ2) is 5.36. The van der Waals surface area contributed by atoms with Crippen molar-refractivity contribution in [2.24, 2.45) is 0 Å². The average molecular weight is 261 g/mol. The highest BCUT2D eigenvalue weighted by Crippen LogP contribution is 2.21. The molecule has 1 unspecified atom stereocenters. The van der Waals surface area contributed by atoms with Gasteiger partial charge < -0.3 is 13.6 Å². The van der Waals surface area contributed by atoms with Gasteiger partial charge in [-0.2, -0.15) is 0 Å². The van der Waals surface area contributed by atoms with Gasteiger partial charge in [-0.15, -0.1) is 10.2 Å². The van der Waals surface area contributed by atoms with Gasteiger partial charge in [-0.3, -0.25) is 4.90 Å². The number of hydrogen-bond acceptors (Lipinski definition) is 6. The normalized spacial score (nSPS) is 20.5. The molecule has 2 aromatic heterocycles. The van der Waals surface area contributed by atoms with E-state index in [2.05, 4.69) is 15.1 Å². The van der Waals surface area contributed by atoms with Gasteiger partial charge in [0.25, 0.3) is 5.89 Å². The van der Waals surface area contributed by atoms with Gasteiger partial charge in [0.1, 0.15) is 6.29 Å². The highest BCUT2D eigenvalue weighted by Gasteiger charge is 2.24. The topological polar surface area (TPSA) is 72.4 Å². The fourth-order valence-corrected chi connectivity index (χ4v) is 2.36. The Morgan fingerprint density at radius 3 is 3.16 bits per heavy atom. The lowest BCUT2D eigenvalue weighted by atomic mass is 10.0. The Bertz CT molecular complexity index is 535. The molecule has 1 aliphatic rings. The van der Waals surface area contributed by atoms with Crippen LogP contribution in [-0.2, 0) is 11.3 Å². The summed E-state index contributed by atoms with van der Waals surface area (Å²) in [5, 5.41) is 7.95. The van der Waals surface area contributed by atoms with E-state index in [0.29, 0.717) is 24.1 Å². The van der Waals surface area contributed by atoms with Crippen LogP contribution in [0.15, 0.2) is 27.2 Å². The van der Waals surface area contributed by atoms with Gasteiger partial charge >= 0.3 is 0 Å². The van der Waals surface area contributed by atoms with Crippen LogP contribution in [0.3, 0.4) is 0 Å². The Kier molecular flexibility index (Phi) is 3.41. The third-order valence-corrected chi connectivity index (χ3v) is 3.36. The number of rotatable bonds is 4. The largest absolute Gasteiger partial charge is 0.459 e. The lowest BCUT2D eigenvalue weighted by Gasteiger charge is -2.30. The zero-order valence-corrected chi connectivity index (χ0v) is 10.5. The van der Waals surface area contributed by atoms with E-state index in [1.54, 1.807) is 18.4 Å². The van der Waals surface area contributed by atoms with Gasteiger partial charge in [-0.05, 0) is 31.5 Å². The third-order valence-electron chi connectivity index (χ3n) is 3.36. The molecule has 1 aliphatic heterocycles. The van der Waals surface area contributed by atoms with E-state index in [1.165, 1.54) is 0 Å². The van der Waals surface area contributed by atoms with E-state index >= 15 is 0 Å². The Morgan fingerprint density at radius 2 is 2.37 bits per heavy atom. The molecule has 0 amide bonds. The standard InChI is InChI=1S/C13H15N3O3/c17-9-10-4-1-2-6-16(10)8-12-14-15-13(19-12)11-5-3-7-18-11/h3,5,7,9-10H,1-2,4,6,8H2. The lowest BCUT2D eigenvalue weighted by molar-refractivity contribution is -0.113. The molecule has 1 fully saturated rings. The van der Waals surface area contributed by atoms with Crippen LogP contribution >= 0.6 is 0 Å². The monoisotopic (exact) mass is 261 g/mol. The zero-order chi connectivity index (χ0) is 13.1. The molecular formula is C13H15N3O3. The van der Waals surface area contributed by atoms with Crippen LogP contribution < -0.4 is 0 Å². The van der Waals surface area contributed by atoms with Gasteiger partial charge in [0, 0.05) is 0 Å². The van der Waals surface area contributed by atoms with E-state index in [0.717, 1.165) is 32.1 Å². The van der Waals surface area contributed by atoms with Gasteiger partial charge in [0.15, 0.2) is 5.76 Å². The molecule has 0 N–H and O–H groups in total. The molecule has 6 nitrogen and oxygen atoms in total. The predicted octanol–water partition coefficient (Wildman–Crippen LogP) is 1.88. The maximum absolute atomic E-state index is 11.0. The van der Waals surface area contributed by atoms with Gasteiger partial charge in [-0.1, -0.05) is 6.42 Å². The molecule has 1 atom stereocenters. The van der Waals surface area contributed by atoms with Gasteiger partial charge in [-0.25, -0.2) is 0 Å². The van der Waals surface area contributed by atoms with Crippen LogP contribution in [-0.4, -0.2) is 34.0 Å². The molecule has 1 saturated heterocycles. The number of hydrogen-bond donors (Lipinski definition) is 0. The van der Waals surface area contributed by atoms with Gasteiger partial charge in [0.05, 0.1) is 18.8 Å². The first-order chi connectivity index (χ1) is 9.36. The Morgan fingerprint density at radius 1 is 1.42 bits per heavy atom. The number of aromatic nitrogens is 2. The Hall–Kier alpha value is -1.95. The molecule has 0 saturated carbocycles. The van der Waals surface area contributed by atoms with Crippen LogP contribution in [0.4, 0.5) is 0 Å². The molecule has 0 spiro atoms. The molecule has 0 aliphatic carbocycles. The van der Waals surface area contributed by atoms with Crippen molar-refractivity contribution < 1.29 is 13.6 Å². The fraction of sp³-hybridized carbons (Fsp3) is 0.462. The number of piperidine rings is 1. The second-order valence-corrected chi connectivity index (χ2v) is 4.65. The minimum Gasteiger partial charge on any atom is -0.459 e. The molecule has 19 heavy (non-hydrogen) atoms. The molecule has 0 aromatic carbocycles. The molecule has 2 aromatic rings. The summed E-state index contributed by atoms with van der Waals surface area (Å²) in [6.45, 7) is 1.40. The fourth-order valence-electron chi connectivity index (χ4n) is 2.36. The summed E-state index contributed by atoms with van der Waals surface area (Å²) in [5.41, 5.74) is 0. The number of likely N-dealkylation sites (tertiary alicyclic amines) is 1. The van der Waals surface area contributed by atoms with E-state index in [-0.39, 0.29) is 6.04 Å². The van der Waals surface area contributed by atoms with E-state index in [1.807, 2.05) is 0 Å². The number of nitrogens with zero attached hydrogens (tertiary/aromatic N) is 3. The van der Waals surface area contributed by atoms with Crippen LogP contribution in [0.5, 0.6) is 0 Å². The number of carbonyl (C=O) groups is 1. The summed E-state index contributed by atoms with van der Waals surface area (Å²) in [4.78, 5) is 13.1. The number of furan rings is 1. The van der Waals surface area contributed by atoms with E-state index in [9.17, 15) is 4.79 Å². The highest BCUT2D eigenvalue weighted by molar-refractivity contribution is 5.57. The maximum Gasteiger partial charge on any atom is 0.283 e. The molecule has 3 rings (SSSR count). The summed E-state index contributed by atoms with van der Waals surface area (Å²) in [5.74, 6) is 1.45. The summed E-state index contributed by atoms with van der Waals surface area (Å²) in [6.07, 6.45) is 5.67. The van der Waals surface area contributed by atoms with Crippen molar-refractivity contribution in [3.63, 3.8) is 0 Å². The van der Waals surface area contributed by atoms with Crippen LogP contribution in [0.25, 0.3) is 11.7 Å². The van der Waals surface area contributed by atoms with Crippen LogP contribution in [0.1, 0.15) is 25.2 Å². The van der Waals surface area contributed by atoms with Crippen LogP contribution in [0, 0.1) is 0 Å². The van der Waals surface area contributed by atoms with Crippen molar-refractivity contribution in [3.05, 3.63) is 24.3 Å². The van der Waals surface area contributed by atoms with Crippen molar-refractivity contribution in [2.45, 2.75) is 31.8 Å². The molecule has 0 bridgehead atoms. The first kappa shape index (κ1) is 12.1. The van der Waals surface area contributed by atoms with Crippen molar-refractivity contribution in [1.29, 1.82) is 0 Å². The number of aldehydes is 1. The van der Waals surface area contributed by atoms with Crippen molar-refractivity contribution in [2.75, 3.05) is 6.54 Å². The lowest BCUT2D eigenvalue weighted by Crippen LogP contribution is -2.39. The summed E-state index contributed by atoms with van der Waals surface area (Å²) < 4.78 is 10.7. The molecule has 100 valence electrons. The number of carbonyl (C=O) groups excluding carboxylic acids is 1. The first-order valence-electron chi connectivity index (χ1n) is 6.42. The minimum absolute atomic E-state index is 0.0345. The SMILES string of the molecule is O=CC1CCCCN1Cc1nnc(-c2ccco2)o1. The van der Waals surface area contributed by atoms with E-state index in [4.69, 9.17) is 8.83 Å². The van der Waals surface area contributed by atoms with Crippen LogP contribution in [0.2, 0.25) is 0 Å². The van der Waals surface area contributed by atoms with Crippen molar-refractivity contribution in [3.8, 4) is 11.7 Å². The van der Waals surface area contributed by atoms with Gasteiger partial charge in [0.2, 0.25) is 5.89 Å². The molecule has 3 heterocycles. The predicted molar refractivity (Wildman–Crippen MR) is 66.1 cm³/mol. The summed E-state index contributed by atoms with van der Waals surface area (Å²) >= 11 is 0. The minimum atomic E-state index is -0.0345. The average Bonchev–Trinajstić information content (AvgIpc) is 3.09. The second-order valence-electron chi connectivity index (χ2n) is 4.65. The Balaban J connectivity index is 1.71. The first-order valence-corrected chi connectivity index (χ1v) is 6.42. The smallest absolute Gasteiger partial charge is 0.283 e. The molecular weight excluding hydrogens is 246 g/mol. The summed E-state index contributed by atoms with van der Waals surface area (Å²) in [7, 11) is 0. The highest BCUT2D eigenvalue weighted by atomic mass is 16.4. The molecule has 6 heteroatoms.